The predicted octanol–water partition coefficient (Wildman–Crippen LogP) is 0.479. The second kappa shape index (κ2) is 6.08. The fourth-order valence-electron chi connectivity index (χ4n) is 1.62. The maximum atomic E-state index is 11.7. The highest BCUT2D eigenvalue weighted by Crippen LogP contribution is 2.34. The first kappa shape index (κ1) is 12.5. The minimum Gasteiger partial charge on any atom is -0.383 e. The standard InChI is InChI=1S/C11H22N2O2/c1-9(10-4-5-10)13(2)11(14)8-12-6-7-15-3/h9-10,12H,4-8H2,1-3H3. The zero-order valence-corrected chi connectivity index (χ0v) is 9.95. The van der Waals surface area contributed by atoms with E-state index >= 15 is 0 Å². The molecular formula is C11H22N2O2. The van der Waals surface area contributed by atoms with E-state index in [1.165, 1.54) is 12.8 Å². The van der Waals surface area contributed by atoms with E-state index in [1.807, 2.05) is 11.9 Å². The lowest BCUT2D eigenvalue weighted by atomic mass is 10.2. The van der Waals surface area contributed by atoms with Crippen LogP contribution in [0.2, 0.25) is 0 Å². The number of amides is 1. The Kier molecular flexibility index (Phi) is 5.05. The van der Waals surface area contributed by atoms with E-state index in [-0.39, 0.29) is 5.91 Å². The van der Waals surface area contributed by atoms with Crippen LogP contribution in [0, 0.1) is 5.92 Å². The monoisotopic (exact) mass is 214 g/mol. The molecule has 4 heteroatoms. The molecule has 0 spiro atoms. The van der Waals surface area contributed by atoms with E-state index in [2.05, 4.69) is 12.2 Å². The second-order valence-corrected chi connectivity index (χ2v) is 4.25. The average Bonchev–Trinajstić information content (AvgIpc) is 3.05. The van der Waals surface area contributed by atoms with Gasteiger partial charge in [0.2, 0.25) is 5.91 Å². The van der Waals surface area contributed by atoms with Crippen molar-refractivity contribution < 1.29 is 9.53 Å². The molecule has 4 nitrogen and oxygen atoms in total. The molecule has 1 N–H and O–H groups in total. The maximum Gasteiger partial charge on any atom is 0.236 e. The Bertz CT molecular complexity index is 205. The summed E-state index contributed by atoms with van der Waals surface area (Å²) in [5.74, 6) is 0.906. The van der Waals surface area contributed by atoms with Gasteiger partial charge in [-0.15, -0.1) is 0 Å². The van der Waals surface area contributed by atoms with Gasteiger partial charge in [0, 0.05) is 26.7 Å². The minimum atomic E-state index is 0.172. The number of nitrogens with one attached hydrogen (secondary N) is 1. The number of methoxy groups -OCH3 is 1. The van der Waals surface area contributed by atoms with Crippen LogP contribution in [0.5, 0.6) is 0 Å². The highest BCUT2D eigenvalue weighted by molar-refractivity contribution is 5.78. The second-order valence-electron chi connectivity index (χ2n) is 4.25. The van der Waals surface area contributed by atoms with E-state index in [9.17, 15) is 4.79 Å². The summed E-state index contributed by atoms with van der Waals surface area (Å²) < 4.78 is 4.89. The van der Waals surface area contributed by atoms with Crippen LogP contribution in [0.4, 0.5) is 0 Å². The van der Waals surface area contributed by atoms with Gasteiger partial charge in [-0.1, -0.05) is 0 Å². The fraction of sp³-hybridized carbons (Fsp3) is 0.909. The van der Waals surface area contributed by atoms with Crippen LogP contribution in [0.15, 0.2) is 0 Å². The van der Waals surface area contributed by atoms with Gasteiger partial charge in [0.25, 0.3) is 0 Å². The molecule has 1 saturated carbocycles. The Morgan fingerprint density at radius 1 is 1.60 bits per heavy atom. The van der Waals surface area contributed by atoms with Crippen molar-refractivity contribution >= 4 is 5.91 Å². The number of carbonyl (C=O) groups excluding carboxylic acids is 1. The third-order valence-electron chi connectivity index (χ3n) is 3.07. The van der Waals surface area contributed by atoms with Crippen LogP contribution in [0.1, 0.15) is 19.8 Å². The molecule has 0 bridgehead atoms. The smallest absolute Gasteiger partial charge is 0.236 e. The van der Waals surface area contributed by atoms with Gasteiger partial charge in [-0.05, 0) is 25.7 Å². The molecule has 15 heavy (non-hydrogen) atoms. The summed E-state index contributed by atoms with van der Waals surface area (Å²) in [6.07, 6.45) is 2.55. The van der Waals surface area contributed by atoms with Crippen molar-refractivity contribution in [2.75, 3.05) is 33.9 Å². The van der Waals surface area contributed by atoms with Gasteiger partial charge in [0.05, 0.1) is 13.2 Å². The number of hydrogen-bond acceptors (Lipinski definition) is 3. The maximum absolute atomic E-state index is 11.7. The van der Waals surface area contributed by atoms with E-state index in [0.717, 1.165) is 12.5 Å². The molecule has 0 aromatic carbocycles. The lowest BCUT2D eigenvalue weighted by Crippen LogP contribution is -2.42. The summed E-state index contributed by atoms with van der Waals surface area (Å²) in [4.78, 5) is 13.6. The van der Waals surface area contributed by atoms with Crippen molar-refractivity contribution in [3.8, 4) is 0 Å². The zero-order valence-electron chi connectivity index (χ0n) is 9.95. The van der Waals surface area contributed by atoms with Crippen LogP contribution < -0.4 is 5.32 Å². The van der Waals surface area contributed by atoms with Crippen molar-refractivity contribution in [1.29, 1.82) is 0 Å². The first-order valence-corrected chi connectivity index (χ1v) is 5.62. The first-order valence-electron chi connectivity index (χ1n) is 5.62. The van der Waals surface area contributed by atoms with Crippen molar-refractivity contribution in [2.24, 2.45) is 5.92 Å². The van der Waals surface area contributed by atoms with Crippen molar-refractivity contribution in [2.45, 2.75) is 25.8 Å². The van der Waals surface area contributed by atoms with Crippen molar-refractivity contribution in [1.82, 2.24) is 10.2 Å². The molecule has 88 valence electrons. The topological polar surface area (TPSA) is 41.6 Å². The third kappa shape index (κ3) is 4.18. The molecule has 0 heterocycles. The molecule has 1 aliphatic carbocycles. The Morgan fingerprint density at radius 2 is 2.27 bits per heavy atom. The molecule has 0 aromatic rings. The summed E-state index contributed by atoms with van der Waals surface area (Å²) in [6, 6.07) is 0.390. The highest BCUT2D eigenvalue weighted by Gasteiger charge is 2.32. The molecule has 0 radical (unpaired) electrons. The number of rotatable bonds is 7. The van der Waals surface area contributed by atoms with Crippen LogP contribution in [-0.4, -0.2) is 50.7 Å². The van der Waals surface area contributed by atoms with Crippen molar-refractivity contribution in [3.63, 3.8) is 0 Å². The van der Waals surface area contributed by atoms with Gasteiger partial charge < -0.3 is 15.0 Å². The van der Waals surface area contributed by atoms with Gasteiger partial charge in [-0.25, -0.2) is 0 Å². The molecule has 1 aliphatic rings. The summed E-state index contributed by atoms with van der Waals surface area (Å²) in [6.45, 7) is 3.92. The largest absolute Gasteiger partial charge is 0.383 e. The summed E-state index contributed by atoms with van der Waals surface area (Å²) in [5, 5.41) is 3.06. The number of carbonyl (C=O) groups is 1. The Balaban J connectivity index is 2.14. The third-order valence-corrected chi connectivity index (χ3v) is 3.07. The SMILES string of the molecule is COCCNCC(=O)N(C)C(C)C1CC1. The fourth-order valence-corrected chi connectivity index (χ4v) is 1.62. The van der Waals surface area contributed by atoms with E-state index in [0.29, 0.717) is 19.2 Å². The van der Waals surface area contributed by atoms with E-state index in [4.69, 9.17) is 4.74 Å². The molecule has 0 aromatic heterocycles. The molecule has 1 atom stereocenters. The normalized spacial score (nSPS) is 17.5. The zero-order chi connectivity index (χ0) is 11.3. The van der Waals surface area contributed by atoms with Crippen LogP contribution >= 0.6 is 0 Å². The quantitative estimate of drug-likeness (QED) is 0.627. The van der Waals surface area contributed by atoms with Gasteiger partial charge in [0.1, 0.15) is 0 Å². The molecule has 1 fully saturated rings. The summed E-state index contributed by atoms with van der Waals surface area (Å²) in [5.41, 5.74) is 0. The van der Waals surface area contributed by atoms with Gasteiger partial charge in [-0.2, -0.15) is 0 Å². The van der Waals surface area contributed by atoms with E-state index < -0.39 is 0 Å². The van der Waals surface area contributed by atoms with Crippen LogP contribution in [0.25, 0.3) is 0 Å². The number of hydrogen-bond donors (Lipinski definition) is 1. The lowest BCUT2D eigenvalue weighted by Gasteiger charge is -2.25. The Hall–Kier alpha value is -0.610. The highest BCUT2D eigenvalue weighted by atomic mass is 16.5. The molecule has 1 unspecified atom stereocenters. The summed E-state index contributed by atoms with van der Waals surface area (Å²) >= 11 is 0. The predicted molar refractivity (Wildman–Crippen MR) is 59.7 cm³/mol. The molecule has 1 rings (SSSR count). The minimum absolute atomic E-state index is 0.172. The Labute approximate surface area is 92.0 Å². The molecule has 1 amide bonds. The number of likely N-dealkylation sites (N-methyl/N-ethyl adjacent to an activating group) is 1. The molecule has 0 aliphatic heterocycles. The lowest BCUT2D eigenvalue weighted by molar-refractivity contribution is -0.131. The van der Waals surface area contributed by atoms with Gasteiger partial charge in [-0.3, -0.25) is 4.79 Å². The molecular weight excluding hydrogens is 192 g/mol. The number of nitrogens with zero attached hydrogens (tertiary/aromatic N) is 1. The van der Waals surface area contributed by atoms with Crippen molar-refractivity contribution in [3.05, 3.63) is 0 Å². The van der Waals surface area contributed by atoms with Gasteiger partial charge in [0.15, 0.2) is 0 Å². The van der Waals surface area contributed by atoms with Crippen LogP contribution in [0.3, 0.4) is 0 Å². The average molecular weight is 214 g/mol. The first-order chi connectivity index (χ1) is 7.16. The van der Waals surface area contributed by atoms with E-state index in [1.54, 1.807) is 7.11 Å². The van der Waals surface area contributed by atoms with Crippen LogP contribution in [-0.2, 0) is 9.53 Å². The Morgan fingerprint density at radius 3 is 2.80 bits per heavy atom. The summed E-state index contributed by atoms with van der Waals surface area (Å²) in [7, 11) is 3.55. The van der Waals surface area contributed by atoms with Gasteiger partial charge >= 0.3 is 0 Å². The number of ether oxygens (including phenoxy) is 1. The molecule has 0 saturated heterocycles.